The van der Waals surface area contributed by atoms with E-state index >= 15 is 0 Å². The molecular formula is C18H30ClIN4S. The van der Waals surface area contributed by atoms with E-state index < -0.39 is 0 Å². The van der Waals surface area contributed by atoms with Gasteiger partial charge in [0.1, 0.15) is 0 Å². The highest BCUT2D eigenvalue weighted by molar-refractivity contribution is 14.0. The molecule has 1 aliphatic rings. The predicted molar refractivity (Wildman–Crippen MR) is 122 cm³/mol. The van der Waals surface area contributed by atoms with Crippen LogP contribution in [-0.4, -0.2) is 56.9 Å². The van der Waals surface area contributed by atoms with E-state index in [1.807, 2.05) is 30.9 Å². The Morgan fingerprint density at radius 2 is 1.84 bits per heavy atom. The summed E-state index contributed by atoms with van der Waals surface area (Å²) in [5, 5.41) is 7.60. The molecule has 0 radical (unpaired) electrons. The summed E-state index contributed by atoms with van der Waals surface area (Å²) in [6, 6.07) is 7.98. The third-order valence-corrected chi connectivity index (χ3v) is 5.65. The van der Waals surface area contributed by atoms with Gasteiger partial charge in [0.15, 0.2) is 5.96 Å². The van der Waals surface area contributed by atoms with Crippen molar-refractivity contribution in [2.45, 2.75) is 24.2 Å². The van der Waals surface area contributed by atoms with E-state index in [1.165, 1.54) is 37.2 Å². The minimum absolute atomic E-state index is 0. The number of thioether (sulfide) groups is 1. The number of guanidine groups is 1. The molecule has 1 aromatic rings. The van der Waals surface area contributed by atoms with Gasteiger partial charge in [-0.15, -0.1) is 35.7 Å². The van der Waals surface area contributed by atoms with E-state index in [0.717, 1.165) is 35.7 Å². The van der Waals surface area contributed by atoms with Gasteiger partial charge in [0.05, 0.1) is 0 Å². The number of nitrogens with zero attached hydrogens (tertiary/aromatic N) is 2. The van der Waals surface area contributed by atoms with Gasteiger partial charge in [-0.3, -0.25) is 4.99 Å². The maximum Gasteiger partial charge on any atom is 0.191 e. The van der Waals surface area contributed by atoms with Crippen LogP contribution in [0, 0.1) is 5.92 Å². The third kappa shape index (κ3) is 9.35. The summed E-state index contributed by atoms with van der Waals surface area (Å²) in [5.74, 6) is 2.75. The zero-order valence-corrected chi connectivity index (χ0v) is 19.0. The van der Waals surface area contributed by atoms with Gasteiger partial charge in [0.25, 0.3) is 0 Å². The Labute approximate surface area is 178 Å². The fraction of sp³-hybridized carbons (Fsp3) is 0.611. The quantitative estimate of drug-likeness (QED) is 0.197. The minimum atomic E-state index is 0. The first-order chi connectivity index (χ1) is 11.7. The van der Waals surface area contributed by atoms with Crippen LogP contribution in [0.1, 0.15) is 19.3 Å². The molecule has 1 fully saturated rings. The Bertz CT molecular complexity index is 504. The van der Waals surface area contributed by atoms with Crippen LogP contribution < -0.4 is 10.6 Å². The summed E-state index contributed by atoms with van der Waals surface area (Å²) in [6.45, 7) is 4.36. The molecule has 25 heavy (non-hydrogen) atoms. The molecule has 0 amide bonds. The van der Waals surface area contributed by atoms with Crippen LogP contribution in [0.3, 0.4) is 0 Å². The molecular weight excluding hydrogens is 467 g/mol. The highest BCUT2D eigenvalue weighted by Crippen LogP contribution is 2.20. The van der Waals surface area contributed by atoms with Gasteiger partial charge in [0, 0.05) is 35.8 Å². The summed E-state index contributed by atoms with van der Waals surface area (Å²) < 4.78 is 0. The molecule has 4 nitrogen and oxygen atoms in total. The topological polar surface area (TPSA) is 39.7 Å². The highest BCUT2D eigenvalue weighted by atomic mass is 127. The summed E-state index contributed by atoms with van der Waals surface area (Å²) >= 11 is 7.72. The van der Waals surface area contributed by atoms with Gasteiger partial charge in [-0.25, -0.2) is 0 Å². The number of nitrogens with one attached hydrogen (secondary N) is 2. The van der Waals surface area contributed by atoms with Gasteiger partial charge in [-0.1, -0.05) is 11.6 Å². The lowest BCUT2D eigenvalue weighted by Gasteiger charge is -2.29. The van der Waals surface area contributed by atoms with Crippen molar-refractivity contribution in [3.8, 4) is 0 Å². The molecule has 0 bridgehead atoms. The van der Waals surface area contributed by atoms with E-state index in [9.17, 15) is 0 Å². The number of aliphatic imine (C=N–C) groups is 1. The van der Waals surface area contributed by atoms with Gasteiger partial charge >= 0.3 is 0 Å². The van der Waals surface area contributed by atoms with Crippen molar-refractivity contribution < 1.29 is 0 Å². The maximum atomic E-state index is 5.90. The second-order valence-corrected chi connectivity index (χ2v) is 7.87. The van der Waals surface area contributed by atoms with E-state index in [0.29, 0.717) is 0 Å². The van der Waals surface area contributed by atoms with Gasteiger partial charge in [-0.2, -0.15) is 0 Å². The molecule has 1 heterocycles. The average Bonchev–Trinajstić information content (AvgIpc) is 2.60. The largest absolute Gasteiger partial charge is 0.356 e. The zero-order valence-electron chi connectivity index (χ0n) is 15.1. The van der Waals surface area contributed by atoms with Crippen molar-refractivity contribution in [3.05, 3.63) is 29.3 Å². The monoisotopic (exact) mass is 496 g/mol. The number of hydrogen-bond acceptors (Lipinski definition) is 3. The van der Waals surface area contributed by atoms with Gasteiger partial charge in [-0.05, 0) is 69.6 Å². The maximum absolute atomic E-state index is 5.90. The van der Waals surface area contributed by atoms with Crippen molar-refractivity contribution in [3.63, 3.8) is 0 Å². The van der Waals surface area contributed by atoms with Crippen molar-refractivity contribution >= 4 is 53.3 Å². The standard InChI is InChI=1S/C18H29ClN4S.HI/c1-20-18(21-10-7-15-8-12-23(2)13-9-15)22-11-14-24-17-5-3-16(19)4-6-17;/h3-6,15H,7-14H2,1-2H3,(H2,20,21,22);1H. The van der Waals surface area contributed by atoms with E-state index in [2.05, 4.69) is 39.7 Å². The van der Waals surface area contributed by atoms with Crippen LogP contribution in [0.4, 0.5) is 0 Å². The van der Waals surface area contributed by atoms with Gasteiger partial charge < -0.3 is 15.5 Å². The van der Waals surface area contributed by atoms with Crippen LogP contribution in [0.2, 0.25) is 5.02 Å². The Kier molecular flexibility index (Phi) is 11.9. The number of halogens is 2. The van der Waals surface area contributed by atoms with Gasteiger partial charge in [0.2, 0.25) is 0 Å². The second kappa shape index (κ2) is 13.1. The van der Waals surface area contributed by atoms with E-state index in [4.69, 9.17) is 11.6 Å². The van der Waals surface area contributed by atoms with Crippen molar-refractivity contribution in [1.82, 2.24) is 15.5 Å². The van der Waals surface area contributed by atoms with Crippen molar-refractivity contribution in [2.24, 2.45) is 10.9 Å². The van der Waals surface area contributed by atoms with Crippen LogP contribution in [-0.2, 0) is 0 Å². The first-order valence-electron chi connectivity index (χ1n) is 8.69. The lowest BCUT2D eigenvalue weighted by atomic mass is 9.94. The van der Waals surface area contributed by atoms with Crippen LogP contribution >= 0.6 is 47.3 Å². The normalized spacial score (nSPS) is 16.4. The molecule has 7 heteroatoms. The smallest absolute Gasteiger partial charge is 0.191 e. The molecule has 142 valence electrons. The fourth-order valence-electron chi connectivity index (χ4n) is 2.84. The molecule has 0 spiro atoms. The van der Waals surface area contributed by atoms with Crippen LogP contribution in [0.5, 0.6) is 0 Å². The predicted octanol–water partition coefficient (Wildman–Crippen LogP) is 3.95. The average molecular weight is 497 g/mol. The number of benzene rings is 1. The lowest BCUT2D eigenvalue weighted by molar-refractivity contribution is 0.213. The molecule has 2 rings (SSSR count). The highest BCUT2D eigenvalue weighted by Gasteiger charge is 2.16. The molecule has 0 aromatic heterocycles. The van der Waals surface area contributed by atoms with E-state index in [1.54, 1.807) is 0 Å². The molecule has 0 saturated carbocycles. The Morgan fingerprint density at radius 1 is 1.20 bits per heavy atom. The summed E-state index contributed by atoms with van der Waals surface area (Å²) in [5.41, 5.74) is 0. The van der Waals surface area contributed by atoms with Crippen molar-refractivity contribution in [1.29, 1.82) is 0 Å². The molecule has 1 saturated heterocycles. The molecule has 1 aromatic carbocycles. The number of likely N-dealkylation sites (tertiary alicyclic amines) is 1. The summed E-state index contributed by atoms with van der Waals surface area (Å²) in [4.78, 5) is 7.96. The summed E-state index contributed by atoms with van der Waals surface area (Å²) in [6.07, 6.45) is 3.87. The Hall–Kier alpha value is -0.180. The SMILES string of the molecule is CN=C(NCCSc1ccc(Cl)cc1)NCCC1CCN(C)CC1.I. The molecule has 2 N–H and O–H groups in total. The third-order valence-electron chi connectivity index (χ3n) is 4.38. The van der Waals surface area contributed by atoms with Crippen molar-refractivity contribution in [2.75, 3.05) is 46.0 Å². The van der Waals surface area contributed by atoms with E-state index in [-0.39, 0.29) is 24.0 Å². The number of rotatable bonds is 7. The molecule has 0 atom stereocenters. The minimum Gasteiger partial charge on any atom is -0.356 e. The molecule has 0 unspecified atom stereocenters. The Balaban J connectivity index is 0.00000312. The first kappa shape index (κ1) is 22.9. The number of hydrogen-bond donors (Lipinski definition) is 2. The summed E-state index contributed by atoms with van der Waals surface area (Å²) in [7, 11) is 4.04. The Morgan fingerprint density at radius 3 is 2.48 bits per heavy atom. The first-order valence-corrected chi connectivity index (χ1v) is 10.0. The molecule has 1 aliphatic heterocycles. The zero-order chi connectivity index (χ0) is 17.2. The number of piperidine rings is 1. The van der Waals surface area contributed by atoms with Crippen LogP contribution in [0.15, 0.2) is 34.2 Å². The van der Waals surface area contributed by atoms with Crippen LogP contribution in [0.25, 0.3) is 0 Å². The molecule has 0 aliphatic carbocycles. The fourth-order valence-corrected chi connectivity index (χ4v) is 3.73. The second-order valence-electron chi connectivity index (χ2n) is 6.26. The lowest BCUT2D eigenvalue weighted by Crippen LogP contribution is -2.40.